The van der Waals surface area contributed by atoms with Gasteiger partial charge < -0.3 is 15.8 Å². The average Bonchev–Trinajstić information content (AvgIpc) is 2.86. The standard InChI is InChI=1S/C14H18F2N2O2.ClH/c15-14(16)20-11-5-2-4-10(7-11)18-13(19)12-6-1-3-9(12)8-17;/h2,4-5,7,9,12,14H,1,3,6,8,17H2,(H,18,19);1H/t9-,12-;/m1./s1. The van der Waals surface area contributed by atoms with Crippen molar-refractivity contribution in [2.75, 3.05) is 11.9 Å². The smallest absolute Gasteiger partial charge is 0.387 e. The molecule has 2 atom stereocenters. The number of amides is 1. The molecular weight excluding hydrogens is 302 g/mol. The second-order valence-electron chi connectivity index (χ2n) is 4.93. The molecule has 0 spiro atoms. The van der Waals surface area contributed by atoms with Crippen molar-refractivity contribution in [3.8, 4) is 5.75 Å². The highest BCUT2D eigenvalue weighted by molar-refractivity contribution is 5.93. The van der Waals surface area contributed by atoms with Crippen molar-refractivity contribution in [3.63, 3.8) is 0 Å². The predicted octanol–water partition coefficient (Wildman–Crippen LogP) is 3.02. The van der Waals surface area contributed by atoms with Crippen LogP contribution in [-0.4, -0.2) is 19.1 Å². The SMILES string of the molecule is Cl.NC[C@H]1CCC[C@H]1C(=O)Nc1cccc(OC(F)F)c1. The largest absolute Gasteiger partial charge is 0.435 e. The first-order valence-corrected chi connectivity index (χ1v) is 6.66. The third-order valence-electron chi connectivity index (χ3n) is 3.63. The first-order valence-electron chi connectivity index (χ1n) is 6.66. The lowest BCUT2D eigenvalue weighted by Crippen LogP contribution is -2.29. The quantitative estimate of drug-likeness (QED) is 0.876. The Hall–Kier alpha value is -1.40. The Morgan fingerprint density at radius 2 is 2.19 bits per heavy atom. The van der Waals surface area contributed by atoms with Crippen molar-refractivity contribution in [3.05, 3.63) is 24.3 Å². The molecule has 0 radical (unpaired) electrons. The molecule has 4 nitrogen and oxygen atoms in total. The molecule has 118 valence electrons. The molecule has 1 fully saturated rings. The van der Waals surface area contributed by atoms with Crippen LogP contribution in [0.4, 0.5) is 14.5 Å². The van der Waals surface area contributed by atoms with Gasteiger partial charge in [0.15, 0.2) is 0 Å². The Balaban J connectivity index is 0.00000220. The molecule has 1 aromatic rings. The van der Waals surface area contributed by atoms with Crippen molar-refractivity contribution in [2.45, 2.75) is 25.9 Å². The van der Waals surface area contributed by atoms with Gasteiger partial charge in [0.2, 0.25) is 5.91 Å². The van der Waals surface area contributed by atoms with E-state index >= 15 is 0 Å². The van der Waals surface area contributed by atoms with Gasteiger partial charge in [0.25, 0.3) is 0 Å². The van der Waals surface area contributed by atoms with Crippen LogP contribution in [0.25, 0.3) is 0 Å². The Morgan fingerprint density at radius 1 is 1.43 bits per heavy atom. The van der Waals surface area contributed by atoms with Crippen LogP contribution in [0.15, 0.2) is 24.3 Å². The lowest BCUT2D eigenvalue weighted by molar-refractivity contribution is -0.120. The van der Waals surface area contributed by atoms with E-state index < -0.39 is 6.61 Å². The van der Waals surface area contributed by atoms with Gasteiger partial charge in [-0.1, -0.05) is 12.5 Å². The number of benzene rings is 1. The van der Waals surface area contributed by atoms with Crippen molar-refractivity contribution >= 4 is 24.0 Å². The van der Waals surface area contributed by atoms with E-state index in [1.807, 2.05) is 0 Å². The van der Waals surface area contributed by atoms with Crippen LogP contribution >= 0.6 is 12.4 Å². The maximum absolute atomic E-state index is 12.2. The van der Waals surface area contributed by atoms with E-state index in [9.17, 15) is 13.6 Å². The minimum atomic E-state index is -2.88. The minimum absolute atomic E-state index is 0. The molecule has 1 saturated carbocycles. The fourth-order valence-electron chi connectivity index (χ4n) is 2.65. The summed E-state index contributed by atoms with van der Waals surface area (Å²) in [6, 6.07) is 6.00. The van der Waals surface area contributed by atoms with Crippen molar-refractivity contribution < 1.29 is 18.3 Å². The highest BCUT2D eigenvalue weighted by Gasteiger charge is 2.31. The van der Waals surface area contributed by atoms with E-state index in [2.05, 4.69) is 10.1 Å². The zero-order valence-corrected chi connectivity index (χ0v) is 12.2. The number of hydrogen-bond donors (Lipinski definition) is 2. The molecule has 1 aliphatic carbocycles. The van der Waals surface area contributed by atoms with Crippen LogP contribution in [0, 0.1) is 11.8 Å². The van der Waals surface area contributed by atoms with Gasteiger partial charge in [-0.25, -0.2) is 0 Å². The predicted molar refractivity (Wildman–Crippen MR) is 78.8 cm³/mol. The Kier molecular flexibility index (Phi) is 6.84. The lowest BCUT2D eigenvalue weighted by atomic mass is 9.95. The molecule has 1 aliphatic rings. The number of carbonyl (C=O) groups is 1. The van der Waals surface area contributed by atoms with Crippen LogP contribution in [0.1, 0.15) is 19.3 Å². The van der Waals surface area contributed by atoms with Crippen LogP contribution in [0.3, 0.4) is 0 Å². The number of nitrogens with two attached hydrogens (primary N) is 1. The number of alkyl halides is 2. The van der Waals surface area contributed by atoms with E-state index in [-0.39, 0.29) is 35.9 Å². The summed E-state index contributed by atoms with van der Waals surface area (Å²) in [6.07, 6.45) is 2.78. The highest BCUT2D eigenvalue weighted by atomic mass is 35.5. The summed E-state index contributed by atoms with van der Waals surface area (Å²) >= 11 is 0. The van der Waals surface area contributed by atoms with E-state index in [1.54, 1.807) is 12.1 Å². The molecule has 0 aromatic heterocycles. The molecule has 21 heavy (non-hydrogen) atoms. The number of ether oxygens (including phenoxy) is 1. The number of nitrogens with one attached hydrogen (secondary N) is 1. The van der Waals surface area contributed by atoms with Crippen molar-refractivity contribution in [1.29, 1.82) is 0 Å². The fraction of sp³-hybridized carbons (Fsp3) is 0.500. The maximum atomic E-state index is 12.2. The van der Waals surface area contributed by atoms with E-state index in [0.29, 0.717) is 12.2 Å². The molecule has 0 aliphatic heterocycles. The zero-order chi connectivity index (χ0) is 14.5. The molecule has 0 saturated heterocycles. The van der Waals surface area contributed by atoms with Gasteiger partial charge in [-0.3, -0.25) is 4.79 Å². The summed E-state index contributed by atoms with van der Waals surface area (Å²) in [5.74, 6) is 0.0295. The molecule has 2 rings (SSSR count). The molecule has 1 amide bonds. The van der Waals surface area contributed by atoms with E-state index in [0.717, 1.165) is 19.3 Å². The van der Waals surface area contributed by atoms with Crippen LogP contribution in [-0.2, 0) is 4.79 Å². The van der Waals surface area contributed by atoms with Gasteiger partial charge in [-0.05, 0) is 37.4 Å². The Morgan fingerprint density at radius 3 is 2.86 bits per heavy atom. The summed E-state index contributed by atoms with van der Waals surface area (Å²) in [5, 5.41) is 2.74. The molecule has 3 N–H and O–H groups in total. The second kappa shape index (κ2) is 8.14. The molecule has 0 bridgehead atoms. The summed E-state index contributed by atoms with van der Waals surface area (Å²) in [7, 11) is 0. The van der Waals surface area contributed by atoms with Gasteiger partial charge in [-0.2, -0.15) is 8.78 Å². The van der Waals surface area contributed by atoms with Gasteiger partial charge in [-0.15, -0.1) is 12.4 Å². The van der Waals surface area contributed by atoms with Crippen LogP contribution in [0.2, 0.25) is 0 Å². The number of anilines is 1. The molecule has 0 unspecified atom stereocenters. The molecule has 1 aromatic carbocycles. The van der Waals surface area contributed by atoms with Crippen molar-refractivity contribution in [2.24, 2.45) is 17.6 Å². The third kappa shape index (κ3) is 4.82. The van der Waals surface area contributed by atoms with Gasteiger partial charge >= 0.3 is 6.61 Å². The Labute approximate surface area is 128 Å². The topological polar surface area (TPSA) is 64.4 Å². The second-order valence-corrected chi connectivity index (χ2v) is 4.93. The fourth-order valence-corrected chi connectivity index (χ4v) is 2.65. The number of rotatable bonds is 5. The molecular formula is C14H19ClF2N2O2. The number of carbonyl (C=O) groups excluding carboxylic acids is 1. The highest BCUT2D eigenvalue weighted by Crippen LogP contribution is 2.32. The summed E-state index contributed by atoms with van der Waals surface area (Å²) in [6.45, 7) is -2.38. The third-order valence-corrected chi connectivity index (χ3v) is 3.63. The molecule has 0 heterocycles. The molecule has 7 heteroatoms. The van der Waals surface area contributed by atoms with Crippen molar-refractivity contribution in [1.82, 2.24) is 0 Å². The Bertz CT molecular complexity index is 474. The summed E-state index contributed by atoms with van der Waals surface area (Å²) in [5.41, 5.74) is 6.11. The monoisotopic (exact) mass is 320 g/mol. The minimum Gasteiger partial charge on any atom is -0.435 e. The maximum Gasteiger partial charge on any atom is 0.387 e. The lowest BCUT2D eigenvalue weighted by Gasteiger charge is -2.17. The van der Waals surface area contributed by atoms with E-state index in [1.165, 1.54) is 12.1 Å². The normalized spacial score (nSPS) is 21.0. The van der Waals surface area contributed by atoms with Crippen LogP contribution < -0.4 is 15.8 Å². The van der Waals surface area contributed by atoms with Gasteiger partial charge in [0, 0.05) is 17.7 Å². The average molecular weight is 321 g/mol. The van der Waals surface area contributed by atoms with Crippen LogP contribution in [0.5, 0.6) is 5.75 Å². The first kappa shape index (κ1) is 17.7. The van der Waals surface area contributed by atoms with Gasteiger partial charge in [0.1, 0.15) is 5.75 Å². The number of halogens is 3. The van der Waals surface area contributed by atoms with E-state index in [4.69, 9.17) is 5.73 Å². The summed E-state index contributed by atoms with van der Waals surface area (Å²) < 4.78 is 28.6. The van der Waals surface area contributed by atoms with Gasteiger partial charge in [0.05, 0.1) is 0 Å². The number of hydrogen-bond acceptors (Lipinski definition) is 3. The first-order chi connectivity index (χ1) is 9.60. The zero-order valence-electron chi connectivity index (χ0n) is 11.4. The summed E-state index contributed by atoms with van der Waals surface area (Å²) in [4.78, 5) is 12.2.